The second kappa shape index (κ2) is 7.99. The Morgan fingerprint density at radius 2 is 2.00 bits per heavy atom. The van der Waals surface area contributed by atoms with Crippen LogP contribution in [0.4, 0.5) is 4.39 Å². The Bertz CT molecular complexity index is 72.0. The van der Waals surface area contributed by atoms with Gasteiger partial charge in [-0.2, -0.15) is 0 Å². The smallest absolute Gasteiger partial charge is 0.0945 e. The Hall–Kier alpha value is -0.110. The minimum Gasteiger partial charge on any atom is -0.251 e. The highest BCUT2D eigenvalue weighted by atomic mass is 19.1. The van der Waals surface area contributed by atoms with Crippen LogP contribution in [0.1, 0.15) is 39.0 Å². The Morgan fingerprint density at radius 3 is 2.45 bits per heavy atom. The van der Waals surface area contributed by atoms with Gasteiger partial charge in [0.25, 0.3) is 0 Å². The van der Waals surface area contributed by atoms with E-state index < -0.39 is 6.67 Å². The third-order valence-electron chi connectivity index (χ3n) is 1.92. The van der Waals surface area contributed by atoms with E-state index in [0.29, 0.717) is 0 Å². The molecular weight excluding hydrogens is 143 g/mol. The summed E-state index contributed by atoms with van der Waals surface area (Å²) in [5, 5.41) is 10.3. The van der Waals surface area contributed by atoms with E-state index in [1.54, 1.807) is 0 Å². The molecule has 0 saturated heterocycles. The Balaban J connectivity index is 3.07. The lowest BCUT2D eigenvalue weighted by atomic mass is 10.0. The van der Waals surface area contributed by atoms with Gasteiger partial charge in [-0.15, -0.1) is 0 Å². The number of rotatable bonds is 7. The number of hydrogen-bond acceptors (Lipinski definition) is 0. The molecule has 0 fully saturated rings. The van der Waals surface area contributed by atoms with E-state index in [4.69, 9.17) is 0 Å². The van der Waals surface area contributed by atoms with Crippen LogP contribution in [0.15, 0.2) is 0 Å². The monoisotopic (exact) mass is 161 g/mol. The number of hydrogen-bond donors (Lipinski definition) is 0. The predicted octanol–water partition coefficient (Wildman–Crippen LogP) is 2.97. The Kier molecular flexibility index (Phi) is 7.91. The first-order valence-corrected chi connectivity index (χ1v) is 4.49. The largest absolute Gasteiger partial charge is 0.251 e. The Morgan fingerprint density at radius 1 is 1.27 bits per heavy atom. The second-order valence-corrected chi connectivity index (χ2v) is 3.04. The van der Waals surface area contributed by atoms with E-state index in [0.717, 1.165) is 19.3 Å². The highest BCUT2D eigenvalue weighted by Gasteiger charge is 2.05. The van der Waals surface area contributed by atoms with Crippen LogP contribution in [0.2, 0.25) is 0 Å². The maximum Gasteiger partial charge on any atom is 0.0945 e. The van der Waals surface area contributed by atoms with Gasteiger partial charge in [0.15, 0.2) is 0 Å². The molecule has 0 aromatic carbocycles. The molecule has 0 aromatic rings. The predicted molar refractivity (Wildman–Crippen MR) is 43.8 cm³/mol. The summed E-state index contributed by atoms with van der Waals surface area (Å²) in [6, 6.07) is 0. The summed E-state index contributed by atoms with van der Waals surface area (Å²) in [5.41, 5.74) is 0. The van der Waals surface area contributed by atoms with Crippen molar-refractivity contribution >= 4 is 0 Å². The average Bonchev–Trinajstić information content (AvgIpc) is 2.05. The molecule has 0 aromatic heterocycles. The fourth-order valence-electron chi connectivity index (χ4n) is 1.06. The third kappa shape index (κ3) is 6.29. The van der Waals surface area contributed by atoms with Crippen LogP contribution < -0.4 is 0 Å². The van der Waals surface area contributed by atoms with Crippen LogP contribution in [0, 0.1) is 5.92 Å². The van der Waals surface area contributed by atoms with Gasteiger partial charge in [-0.25, -0.2) is 5.11 Å². The molecule has 0 saturated carbocycles. The summed E-state index contributed by atoms with van der Waals surface area (Å²) in [7, 11) is 0. The van der Waals surface area contributed by atoms with Crippen molar-refractivity contribution in [3.05, 3.63) is 0 Å². The molecule has 0 aliphatic heterocycles. The molecule has 0 aliphatic carbocycles. The van der Waals surface area contributed by atoms with Crippen molar-refractivity contribution in [2.24, 2.45) is 5.92 Å². The van der Waals surface area contributed by atoms with E-state index in [2.05, 4.69) is 6.92 Å². The molecule has 67 valence electrons. The van der Waals surface area contributed by atoms with Gasteiger partial charge in [-0.05, 0) is 6.42 Å². The average molecular weight is 161 g/mol. The van der Waals surface area contributed by atoms with Gasteiger partial charge in [0.05, 0.1) is 13.3 Å². The van der Waals surface area contributed by atoms with Crippen molar-refractivity contribution < 1.29 is 9.50 Å². The quantitative estimate of drug-likeness (QED) is 0.511. The van der Waals surface area contributed by atoms with Gasteiger partial charge in [0, 0.05) is 5.92 Å². The number of halogens is 1. The first-order valence-electron chi connectivity index (χ1n) is 4.49. The van der Waals surface area contributed by atoms with E-state index in [-0.39, 0.29) is 12.5 Å². The van der Waals surface area contributed by atoms with Gasteiger partial charge >= 0.3 is 0 Å². The standard InChI is InChI=1S/C9H18FO/c1-2-3-4-5-6-9(7-10)8-11/h9H,2-8H2,1H3. The molecular formula is C9H18FO. The van der Waals surface area contributed by atoms with Crippen molar-refractivity contribution in [1.29, 1.82) is 0 Å². The lowest BCUT2D eigenvalue weighted by Crippen LogP contribution is -2.06. The molecule has 0 aliphatic rings. The molecule has 0 rings (SSSR count). The molecule has 0 bridgehead atoms. The highest BCUT2D eigenvalue weighted by Crippen LogP contribution is 2.10. The summed E-state index contributed by atoms with van der Waals surface area (Å²) in [6.45, 7) is 1.46. The van der Waals surface area contributed by atoms with Gasteiger partial charge in [-0.1, -0.05) is 32.6 Å². The molecule has 1 radical (unpaired) electrons. The van der Waals surface area contributed by atoms with Gasteiger partial charge in [0.2, 0.25) is 0 Å². The van der Waals surface area contributed by atoms with Crippen molar-refractivity contribution in [3.8, 4) is 0 Å². The lowest BCUT2D eigenvalue weighted by Gasteiger charge is -2.06. The van der Waals surface area contributed by atoms with Crippen LogP contribution in [0.25, 0.3) is 0 Å². The van der Waals surface area contributed by atoms with E-state index in [9.17, 15) is 9.50 Å². The maximum absolute atomic E-state index is 12.0. The number of alkyl halides is 1. The van der Waals surface area contributed by atoms with Crippen LogP contribution in [-0.2, 0) is 5.11 Å². The van der Waals surface area contributed by atoms with Gasteiger partial charge in [0.1, 0.15) is 0 Å². The molecule has 0 spiro atoms. The summed E-state index contributed by atoms with van der Waals surface area (Å²) >= 11 is 0. The highest BCUT2D eigenvalue weighted by molar-refractivity contribution is 4.55. The fraction of sp³-hybridized carbons (Fsp3) is 1.00. The third-order valence-corrected chi connectivity index (χ3v) is 1.92. The topological polar surface area (TPSA) is 19.9 Å². The summed E-state index contributed by atoms with van der Waals surface area (Å²) in [5.74, 6) is -0.216. The van der Waals surface area contributed by atoms with Crippen molar-refractivity contribution in [1.82, 2.24) is 0 Å². The summed E-state index contributed by atoms with van der Waals surface area (Å²) in [4.78, 5) is 0. The van der Waals surface area contributed by atoms with Crippen LogP contribution in [0.3, 0.4) is 0 Å². The molecule has 0 heterocycles. The van der Waals surface area contributed by atoms with E-state index in [1.807, 2.05) is 0 Å². The van der Waals surface area contributed by atoms with E-state index in [1.165, 1.54) is 12.8 Å². The number of unbranched alkanes of at least 4 members (excludes halogenated alkanes) is 3. The SMILES string of the molecule is CCCCCCC(C[O])CF. The van der Waals surface area contributed by atoms with Crippen LogP contribution in [-0.4, -0.2) is 13.3 Å². The zero-order valence-corrected chi connectivity index (χ0v) is 7.31. The second-order valence-electron chi connectivity index (χ2n) is 3.04. The van der Waals surface area contributed by atoms with Gasteiger partial charge < -0.3 is 0 Å². The first-order chi connectivity index (χ1) is 5.35. The van der Waals surface area contributed by atoms with Crippen molar-refractivity contribution in [3.63, 3.8) is 0 Å². The van der Waals surface area contributed by atoms with Gasteiger partial charge in [-0.3, -0.25) is 4.39 Å². The van der Waals surface area contributed by atoms with Crippen molar-refractivity contribution in [2.75, 3.05) is 13.3 Å². The molecule has 0 amide bonds. The molecule has 2 heteroatoms. The van der Waals surface area contributed by atoms with Crippen LogP contribution >= 0.6 is 0 Å². The Labute approximate surface area is 68.6 Å². The minimum atomic E-state index is -0.435. The molecule has 1 atom stereocenters. The van der Waals surface area contributed by atoms with Crippen LogP contribution in [0.5, 0.6) is 0 Å². The maximum atomic E-state index is 12.0. The summed E-state index contributed by atoms with van der Waals surface area (Å²) in [6.07, 6.45) is 5.34. The van der Waals surface area contributed by atoms with E-state index >= 15 is 0 Å². The zero-order chi connectivity index (χ0) is 8.53. The summed E-state index contributed by atoms with van der Waals surface area (Å²) < 4.78 is 12.0. The zero-order valence-electron chi connectivity index (χ0n) is 7.31. The lowest BCUT2D eigenvalue weighted by molar-refractivity contribution is 0.121. The molecule has 11 heavy (non-hydrogen) atoms. The van der Waals surface area contributed by atoms with Crippen molar-refractivity contribution in [2.45, 2.75) is 39.0 Å². The fourth-order valence-corrected chi connectivity index (χ4v) is 1.06. The molecule has 1 nitrogen and oxygen atoms in total. The first kappa shape index (κ1) is 10.9. The molecule has 1 unspecified atom stereocenters. The normalized spacial score (nSPS) is 13.4. The molecule has 0 N–H and O–H groups in total. The minimum absolute atomic E-state index is 0.216.